The van der Waals surface area contributed by atoms with Gasteiger partial charge in [0.1, 0.15) is 11.6 Å². The molecule has 1 aromatic heterocycles. The Kier molecular flexibility index (Phi) is 3.58. The number of nitrogens with one attached hydrogen (secondary N) is 1. The van der Waals surface area contributed by atoms with E-state index in [2.05, 4.69) is 15.3 Å². The largest absolute Gasteiger partial charge is 0.497 e. The van der Waals surface area contributed by atoms with Gasteiger partial charge in [-0.3, -0.25) is 9.98 Å². The van der Waals surface area contributed by atoms with E-state index >= 15 is 0 Å². The fraction of sp³-hybridized carbons (Fsp3) is 0.250. The molecule has 5 heteroatoms. The minimum Gasteiger partial charge on any atom is -0.497 e. The molecule has 2 N–H and O–H groups in total. The Morgan fingerprint density at radius 1 is 1.19 bits per heavy atom. The molecule has 108 valence electrons. The maximum Gasteiger partial charge on any atom is 0.189 e. The molecule has 1 atom stereocenters. The van der Waals surface area contributed by atoms with Crippen molar-refractivity contribution < 1.29 is 9.84 Å². The molecular weight excluding hydrogens is 266 g/mol. The Labute approximate surface area is 123 Å². The number of methoxy groups -OCH3 is 1. The molecule has 0 fully saturated rings. The van der Waals surface area contributed by atoms with E-state index in [4.69, 9.17) is 4.74 Å². The van der Waals surface area contributed by atoms with Gasteiger partial charge in [0.25, 0.3) is 0 Å². The van der Waals surface area contributed by atoms with Gasteiger partial charge in [0, 0.05) is 12.7 Å². The summed E-state index contributed by atoms with van der Waals surface area (Å²) >= 11 is 0. The van der Waals surface area contributed by atoms with Crippen molar-refractivity contribution in [1.82, 2.24) is 10.3 Å². The fourth-order valence-electron chi connectivity index (χ4n) is 2.46. The third-order valence-electron chi connectivity index (χ3n) is 3.56. The van der Waals surface area contributed by atoms with Gasteiger partial charge in [-0.1, -0.05) is 18.2 Å². The summed E-state index contributed by atoms with van der Waals surface area (Å²) in [5.41, 5.74) is -0.122. The van der Waals surface area contributed by atoms with Gasteiger partial charge >= 0.3 is 0 Å². The van der Waals surface area contributed by atoms with Crippen LogP contribution in [-0.2, 0) is 5.60 Å². The zero-order valence-corrected chi connectivity index (χ0v) is 11.8. The van der Waals surface area contributed by atoms with Crippen LogP contribution in [0.4, 0.5) is 0 Å². The van der Waals surface area contributed by atoms with Gasteiger partial charge in [0.15, 0.2) is 5.60 Å². The molecule has 5 nitrogen and oxygen atoms in total. The second kappa shape index (κ2) is 5.54. The van der Waals surface area contributed by atoms with Crippen molar-refractivity contribution in [3.05, 3.63) is 59.9 Å². The van der Waals surface area contributed by atoms with E-state index in [1.165, 1.54) is 0 Å². The lowest BCUT2D eigenvalue weighted by Crippen LogP contribution is -2.44. The van der Waals surface area contributed by atoms with Crippen molar-refractivity contribution in [3.8, 4) is 5.75 Å². The number of aliphatic imine (C=N–C) groups is 1. The quantitative estimate of drug-likeness (QED) is 0.888. The van der Waals surface area contributed by atoms with Gasteiger partial charge in [0.05, 0.1) is 19.3 Å². The molecule has 0 amide bonds. The van der Waals surface area contributed by atoms with Crippen LogP contribution in [0.2, 0.25) is 0 Å². The molecule has 1 aromatic carbocycles. The number of hydrogen-bond donors (Lipinski definition) is 2. The Hall–Kier alpha value is -2.40. The predicted octanol–water partition coefficient (Wildman–Crippen LogP) is 1.33. The van der Waals surface area contributed by atoms with Gasteiger partial charge in [-0.15, -0.1) is 0 Å². The molecule has 3 rings (SSSR count). The molecule has 21 heavy (non-hydrogen) atoms. The molecule has 2 aromatic rings. The van der Waals surface area contributed by atoms with Gasteiger partial charge in [-0.05, 0) is 29.8 Å². The van der Waals surface area contributed by atoms with Crippen LogP contribution in [0, 0.1) is 0 Å². The lowest BCUT2D eigenvalue weighted by molar-refractivity contribution is 0.147. The lowest BCUT2D eigenvalue weighted by Gasteiger charge is -2.28. The number of aromatic nitrogens is 1. The second-order valence-corrected chi connectivity index (χ2v) is 4.81. The van der Waals surface area contributed by atoms with Crippen LogP contribution in [0.25, 0.3) is 0 Å². The number of benzene rings is 1. The van der Waals surface area contributed by atoms with Crippen molar-refractivity contribution in [2.75, 3.05) is 20.2 Å². The van der Waals surface area contributed by atoms with Crippen LogP contribution < -0.4 is 10.1 Å². The Morgan fingerprint density at radius 3 is 2.57 bits per heavy atom. The summed E-state index contributed by atoms with van der Waals surface area (Å²) < 4.78 is 5.17. The number of hydrogen-bond acceptors (Lipinski definition) is 5. The van der Waals surface area contributed by atoms with E-state index in [0.29, 0.717) is 23.6 Å². The minimum atomic E-state index is -1.37. The molecule has 0 aliphatic carbocycles. The maximum atomic E-state index is 11.3. The monoisotopic (exact) mass is 283 g/mol. The first-order valence-electron chi connectivity index (χ1n) is 6.82. The van der Waals surface area contributed by atoms with E-state index in [9.17, 15) is 5.11 Å². The molecule has 0 saturated heterocycles. The first-order valence-corrected chi connectivity index (χ1v) is 6.82. The van der Waals surface area contributed by atoms with Crippen LogP contribution in [0.5, 0.6) is 5.75 Å². The molecule has 0 bridgehead atoms. The summed E-state index contributed by atoms with van der Waals surface area (Å²) in [4.78, 5) is 8.70. The van der Waals surface area contributed by atoms with Crippen LogP contribution in [0.3, 0.4) is 0 Å². The van der Waals surface area contributed by atoms with Crippen molar-refractivity contribution in [2.24, 2.45) is 4.99 Å². The van der Waals surface area contributed by atoms with Crippen LogP contribution in [-0.4, -0.2) is 36.1 Å². The smallest absolute Gasteiger partial charge is 0.189 e. The Morgan fingerprint density at radius 2 is 2.00 bits per heavy atom. The normalized spacial score (nSPS) is 16.8. The Bertz CT molecular complexity index is 640. The molecule has 1 aliphatic rings. The van der Waals surface area contributed by atoms with Crippen LogP contribution in [0.15, 0.2) is 53.7 Å². The fourth-order valence-corrected chi connectivity index (χ4v) is 2.46. The summed E-state index contributed by atoms with van der Waals surface area (Å²) in [7, 11) is 1.61. The zero-order chi connectivity index (χ0) is 14.7. The standard InChI is InChI=1S/C16H17N3O2/c1-21-13-7-5-12(6-8-13)16(20,15-18-10-11-19-15)14-4-2-3-9-17-14/h2-9,20H,10-11H2,1H3,(H,18,19). The number of rotatable bonds is 4. The highest BCUT2D eigenvalue weighted by molar-refractivity contribution is 5.95. The van der Waals surface area contributed by atoms with E-state index in [-0.39, 0.29) is 0 Å². The summed E-state index contributed by atoms with van der Waals surface area (Å²) in [5.74, 6) is 1.27. The van der Waals surface area contributed by atoms with Gasteiger partial charge in [-0.2, -0.15) is 0 Å². The summed E-state index contributed by atoms with van der Waals surface area (Å²) in [6, 6.07) is 12.8. The highest BCUT2D eigenvalue weighted by Crippen LogP contribution is 2.31. The summed E-state index contributed by atoms with van der Waals surface area (Å²) in [5, 5.41) is 14.5. The van der Waals surface area contributed by atoms with E-state index < -0.39 is 5.60 Å². The summed E-state index contributed by atoms with van der Waals surface area (Å²) in [6.45, 7) is 1.38. The van der Waals surface area contributed by atoms with Crippen molar-refractivity contribution in [3.63, 3.8) is 0 Å². The van der Waals surface area contributed by atoms with Crippen molar-refractivity contribution >= 4 is 5.84 Å². The zero-order valence-electron chi connectivity index (χ0n) is 11.8. The summed E-state index contributed by atoms with van der Waals surface area (Å²) in [6.07, 6.45) is 1.67. The first-order chi connectivity index (χ1) is 10.2. The highest BCUT2D eigenvalue weighted by Gasteiger charge is 2.40. The first kappa shape index (κ1) is 13.6. The van der Waals surface area contributed by atoms with Crippen LogP contribution >= 0.6 is 0 Å². The molecule has 0 saturated carbocycles. The van der Waals surface area contributed by atoms with Crippen LogP contribution in [0.1, 0.15) is 11.3 Å². The molecule has 0 radical (unpaired) electrons. The van der Waals surface area contributed by atoms with E-state index in [0.717, 1.165) is 12.3 Å². The van der Waals surface area contributed by atoms with Crippen molar-refractivity contribution in [1.29, 1.82) is 0 Å². The molecule has 0 spiro atoms. The number of ether oxygens (including phenoxy) is 1. The number of nitrogens with zero attached hydrogens (tertiary/aromatic N) is 2. The number of pyridine rings is 1. The van der Waals surface area contributed by atoms with Gasteiger partial charge < -0.3 is 15.2 Å². The second-order valence-electron chi connectivity index (χ2n) is 4.81. The molecule has 1 aliphatic heterocycles. The highest BCUT2D eigenvalue weighted by atomic mass is 16.5. The molecular formula is C16H17N3O2. The Balaban J connectivity index is 2.11. The van der Waals surface area contributed by atoms with E-state index in [1.807, 2.05) is 36.4 Å². The average molecular weight is 283 g/mol. The minimum absolute atomic E-state index is 0.534. The SMILES string of the molecule is COc1ccc(C(O)(C2=NCCN2)c2ccccn2)cc1. The molecule has 2 heterocycles. The number of aliphatic hydroxyl groups is 1. The lowest BCUT2D eigenvalue weighted by atomic mass is 9.88. The van der Waals surface area contributed by atoms with Crippen molar-refractivity contribution in [2.45, 2.75) is 5.60 Å². The number of amidine groups is 1. The van der Waals surface area contributed by atoms with Gasteiger partial charge in [-0.25, -0.2) is 0 Å². The van der Waals surface area contributed by atoms with Gasteiger partial charge in [0.2, 0.25) is 0 Å². The third kappa shape index (κ3) is 2.36. The van der Waals surface area contributed by atoms with E-state index in [1.54, 1.807) is 19.4 Å². The third-order valence-corrected chi connectivity index (χ3v) is 3.56. The predicted molar refractivity (Wildman–Crippen MR) is 80.5 cm³/mol. The molecule has 1 unspecified atom stereocenters. The maximum absolute atomic E-state index is 11.3. The average Bonchev–Trinajstić information content (AvgIpc) is 3.10. The topological polar surface area (TPSA) is 66.7 Å².